The molecule has 2 aromatic carbocycles. The fraction of sp³-hybridized carbons (Fsp3) is 0.480. The van der Waals surface area contributed by atoms with Crippen LogP contribution in [0.4, 0.5) is 0 Å². The summed E-state index contributed by atoms with van der Waals surface area (Å²) in [6.07, 6.45) is 4.25. The van der Waals surface area contributed by atoms with Gasteiger partial charge in [-0.2, -0.15) is 0 Å². The normalized spacial score (nSPS) is 12.9. The number of hydrogen-bond acceptors (Lipinski definition) is 7. The average molecular weight is 461 g/mol. The quantitative estimate of drug-likeness (QED) is 0.340. The number of rotatable bonds is 14. The average Bonchev–Trinajstić information content (AvgIpc) is 2.80. The molecule has 0 heterocycles. The smallest absolute Gasteiger partial charge is 0.306 e. The number of methoxy groups -OCH3 is 1. The summed E-state index contributed by atoms with van der Waals surface area (Å²) in [6.45, 7) is 0.895. The summed E-state index contributed by atoms with van der Waals surface area (Å²) in [7, 11) is 5.57. The van der Waals surface area contributed by atoms with Crippen LogP contribution in [0.15, 0.2) is 48.5 Å². The molecule has 0 radical (unpaired) electrons. The van der Waals surface area contributed by atoms with Crippen LogP contribution in [0.5, 0.6) is 11.5 Å². The predicted molar refractivity (Wildman–Crippen MR) is 131 cm³/mol. The van der Waals surface area contributed by atoms with Crippen LogP contribution in [0.3, 0.4) is 0 Å². The Balaban J connectivity index is 1.94. The molecule has 0 saturated heterocycles. The summed E-state index contributed by atoms with van der Waals surface area (Å²) < 4.78 is 17.0. The third kappa shape index (κ3) is 9.51. The molecule has 0 bridgehead atoms. The van der Waals surface area contributed by atoms with Crippen molar-refractivity contribution in [3.8, 4) is 11.5 Å². The van der Waals surface area contributed by atoms with Gasteiger partial charge in [0.2, 0.25) is 0 Å². The number of thioether (sulfide) groups is 1. The topological polar surface area (TPSA) is 74.0 Å². The van der Waals surface area contributed by atoms with Gasteiger partial charge >= 0.3 is 5.97 Å². The molecule has 2 atom stereocenters. The summed E-state index contributed by atoms with van der Waals surface area (Å²) in [4.78, 5) is 14.3. The van der Waals surface area contributed by atoms with E-state index in [0.717, 1.165) is 29.9 Å². The molecule has 2 N–H and O–H groups in total. The van der Waals surface area contributed by atoms with E-state index in [0.29, 0.717) is 26.0 Å². The maximum absolute atomic E-state index is 12.3. The van der Waals surface area contributed by atoms with Gasteiger partial charge < -0.3 is 24.8 Å². The third-order valence-corrected chi connectivity index (χ3v) is 5.88. The Bertz CT molecular complexity index is 814. The Labute approximate surface area is 196 Å². The van der Waals surface area contributed by atoms with Gasteiger partial charge in [-0.1, -0.05) is 30.3 Å². The minimum absolute atomic E-state index is 0.0522. The van der Waals surface area contributed by atoms with Gasteiger partial charge in [-0.25, -0.2) is 0 Å². The zero-order valence-corrected chi connectivity index (χ0v) is 20.4. The van der Waals surface area contributed by atoms with Crippen molar-refractivity contribution in [1.82, 2.24) is 4.90 Å². The van der Waals surface area contributed by atoms with Gasteiger partial charge in [-0.3, -0.25) is 4.79 Å². The largest absolute Gasteiger partial charge is 0.497 e. The number of nitrogens with two attached hydrogens (primary N) is 1. The molecule has 6 nitrogen and oxygen atoms in total. The molecular weight excluding hydrogens is 424 g/mol. The summed E-state index contributed by atoms with van der Waals surface area (Å²) in [6, 6.07) is 16.1. The number of carbonyl (C=O) groups is 1. The second kappa shape index (κ2) is 14.0. The lowest BCUT2D eigenvalue weighted by Crippen LogP contribution is -2.35. The van der Waals surface area contributed by atoms with Crippen molar-refractivity contribution in [3.63, 3.8) is 0 Å². The van der Waals surface area contributed by atoms with Crippen molar-refractivity contribution < 1.29 is 19.0 Å². The van der Waals surface area contributed by atoms with E-state index >= 15 is 0 Å². The van der Waals surface area contributed by atoms with E-state index in [2.05, 4.69) is 18.2 Å². The number of para-hydroxylation sites is 1. The molecule has 0 unspecified atom stereocenters. The maximum Gasteiger partial charge on any atom is 0.306 e. The highest BCUT2D eigenvalue weighted by Gasteiger charge is 2.18. The van der Waals surface area contributed by atoms with E-state index < -0.39 is 0 Å². The monoisotopic (exact) mass is 460 g/mol. The van der Waals surface area contributed by atoms with Crippen LogP contribution in [0.25, 0.3) is 0 Å². The third-order valence-electron chi connectivity index (χ3n) is 5.04. The fourth-order valence-electron chi connectivity index (χ4n) is 3.26. The van der Waals surface area contributed by atoms with Crippen molar-refractivity contribution in [2.24, 2.45) is 5.73 Å². The van der Waals surface area contributed by atoms with Gasteiger partial charge in [0.1, 0.15) is 24.2 Å². The number of benzene rings is 2. The highest BCUT2D eigenvalue weighted by Crippen LogP contribution is 2.21. The minimum Gasteiger partial charge on any atom is -0.497 e. The first-order valence-corrected chi connectivity index (χ1v) is 12.2. The number of ether oxygens (including phenoxy) is 3. The van der Waals surface area contributed by atoms with E-state index in [1.54, 1.807) is 18.9 Å². The molecule has 0 fully saturated rings. The molecular formula is C25H36N2O4S. The first-order valence-electron chi connectivity index (χ1n) is 10.9. The molecule has 0 amide bonds. The van der Waals surface area contributed by atoms with Gasteiger partial charge in [0.05, 0.1) is 12.5 Å². The molecule has 2 aromatic rings. The summed E-state index contributed by atoms with van der Waals surface area (Å²) in [5.74, 6) is 1.44. The lowest BCUT2D eigenvalue weighted by molar-refractivity contribution is -0.151. The molecule has 0 aliphatic carbocycles. The molecule has 32 heavy (non-hydrogen) atoms. The van der Waals surface area contributed by atoms with Crippen LogP contribution >= 0.6 is 11.8 Å². The molecule has 0 aliphatic heterocycles. The molecule has 0 aliphatic rings. The Kier molecular flexibility index (Phi) is 11.4. The lowest BCUT2D eigenvalue weighted by Gasteiger charge is -2.23. The Morgan fingerprint density at radius 1 is 1.09 bits per heavy atom. The van der Waals surface area contributed by atoms with E-state index in [4.69, 9.17) is 19.9 Å². The molecule has 176 valence electrons. The van der Waals surface area contributed by atoms with E-state index in [1.165, 1.54) is 5.56 Å². The summed E-state index contributed by atoms with van der Waals surface area (Å²) in [5.41, 5.74) is 8.25. The second-order valence-corrected chi connectivity index (χ2v) is 9.03. The van der Waals surface area contributed by atoms with Crippen LogP contribution in [0, 0.1) is 0 Å². The van der Waals surface area contributed by atoms with Crippen LogP contribution in [0.2, 0.25) is 0 Å². The Morgan fingerprint density at radius 3 is 2.47 bits per heavy atom. The zero-order chi connectivity index (χ0) is 23.3. The molecule has 0 spiro atoms. The lowest BCUT2D eigenvalue weighted by atomic mass is 10.0. The SMILES string of the molecule is COc1ccc(CCc2ccccc2OC[C@@H](CN(C)C)OC(=O)CC[C@@H](N)SC)cc1. The Hall–Kier alpha value is -2.22. The molecule has 0 saturated carbocycles. The van der Waals surface area contributed by atoms with E-state index in [-0.39, 0.29) is 17.4 Å². The summed E-state index contributed by atoms with van der Waals surface area (Å²) >= 11 is 1.54. The number of nitrogens with zero attached hydrogens (tertiary/aromatic N) is 1. The first-order chi connectivity index (χ1) is 15.4. The summed E-state index contributed by atoms with van der Waals surface area (Å²) in [5, 5.41) is -0.0522. The Morgan fingerprint density at radius 2 is 1.81 bits per heavy atom. The fourth-order valence-corrected chi connectivity index (χ4v) is 3.61. The van der Waals surface area contributed by atoms with Crippen LogP contribution in [0.1, 0.15) is 24.0 Å². The van der Waals surface area contributed by atoms with Crippen LogP contribution in [-0.4, -0.2) is 63.0 Å². The second-order valence-electron chi connectivity index (χ2n) is 7.95. The van der Waals surface area contributed by atoms with Gasteiger partial charge in [0.15, 0.2) is 0 Å². The molecule has 7 heteroatoms. The van der Waals surface area contributed by atoms with E-state index in [9.17, 15) is 4.79 Å². The zero-order valence-electron chi connectivity index (χ0n) is 19.6. The van der Waals surface area contributed by atoms with Crippen LogP contribution in [-0.2, 0) is 22.4 Å². The highest BCUT2D eigenvalue weighted by atomic mass is 32.2. The van der Waals surface area contributed by atoms with Gasteiger partial charge in [-0.15, -0.1) is 11.8 Å². The van der Waals surface area contributed by atoms with Crippen molar-refractivity contribution in [2.75, 3.05) is 40.6 Å². The van der Waals surface area contributed by atoms with Gasteiger partial charge in [0, 0.05) is 13.0 Å². The van der Waals surface area contributed by atoms with Crippen molar-refractivity contribution in [1.29, 1.82) is 0 Å². The first kappa shape index (κ1) is 26.0. The number of aryl methyl sites for hydroxylation is 2. The number of carbonyl (C=O) groups excluding carboxylic acids is 1. The van der Waals surface area contributed by atoms with Crippen molar-refractivity contribution >= 4 is 17.7 Å². The van der Waals surface area contributed by atoms with Crippen molar-refractivity contribution in [3.05, 3.63) is 59.7 Å². The number of hydrogen-bond donors (Lipinski definition) is 1. The highest BCUT2D eigenvalue weighted by molar-refractivity contribution is 7.99. The minimum atomic E-state index is -0.349. The van der Waals surface area contributed by atoms with Crippen molar-refractivity contribution in [2.45, 2.75) is 37.2 Å². The number of esters is 1. The maximum atomic E-state index is 12.3. The van der Waals surface area contributed by atoms with E-state index in [1.807, 2.05) is 55.6 Å². The molecule has 0 aromatic heterocycles. The van der Waals surface area contributed by atoms with Gasteiger partial charge in [0.25, 0.3) is 0 Å². The number of likely N-dealkylation sites (N-methyl/N-ethyl adjacent to an activating group) is 1. The van der Waals surface area contributed by atoms with Gasteiger partial charge in [-0.05, 0) is 68.9 Å². The molecule has 2 rings (SSSR count). The van der Waals surface area contributed by atoms with Crippen LogP contribution < -0.4 is 15.2 Å². The standard InChI is InChI=1S/C25H36N2O4S/c1-27(2)17-22(31-25(28)16-15-24(26)32-4)18-30-23-8-6-5-7-20(23)12-9-19-10-13-21(29-3)14-11-19/h5-8,10-11,13-14,22,24H,9,12,15-18,26H2,1-4H3/t22-,24+/m1/s1. The predicted octanol–water partition coefficient (Wildman–Crippen LogP) is 3.76.